The zero-order chi connectivity index (χ0) is 22.1. The summed E-state index contributed by atoms with van der Waals surface area (Å²) in [5.74, 6) is -2.39. The summed E-state index contributed by atoms with van der Waals surface area (Å²) in [6, 6.07) is 14.4. The second kappa shape index (κ2) is 10.7. The molecule has 0 radical (unpaired) electrons. The number of benzene rings is 2. The number of pyridine rings is 1. The predicted octanol–water partition coefficient (Wildman–Crippen LogP) is 2.81. The van der Waals surface area contributed by atoms with Crippen LogP contribution in [-0.2, 0) is 17.9 Å². The third kappa shape index (κ3) is 6.51. The number of amides is 2. The first-order valence-corrected chi connectivity index (χ1v) is 9.30. The van der Waals surface area contributed by atoms with Crippen LogP contribution in [0.3, 0.4) is 0 Å². The molecule has 0 bridgehead atoms. The fraction of sp³-hybridized carbons (Fsp3) is 0.0909. The van der Waals surface area contributed by atoms with Crippen molar-refractivity contribution in [1.82, 2.24) is 21.2 Å². The molecule has 0 fully saturated rings. The van der Waals surface area contributed by atoms with E-state index in [-0.39, 0.29) is 24.3 Å². The van der Waals surface area contributed by atoms with Crippen LogP contribution < -0.4 is 16.2 Å². The molecular weight excluding hydrogens is 404 g/mol. The Labute approximate surface area is 177 Å². The van der Waals surface area contributed by atoms with Crippen LogP contribution in [0.4, 0.5) is 14.5 Å². The Balaban J connectivity index is 1.55. The van der Waals surface area contributed by atoms with Crippen molar-refractivity contribution in [2.75, 3.05) is 0 Å². The Hall–Kier alpha value is -3.98. The minimum Gasteiger partial charge on any atom is -0.348 e. The molecule has 3 N–H and O–H groups in total. The van der Waals surface area contributed by atoms with Gasteiger partial charge in [0.05, 0.1) is 23.7 Å². The van der Waals surface area contributed by atoms with Crippen LogP contribution in [-0.4, -0.2) is 23.0 Å². The quantitative estimate of drug-likeness (QED) is 0.384. The van der Waals surface area contributed by atoms with Gasteiger partial charge in [-0.15, -0.1) is 0 Å². The maximum atomic E-state index is 14.1. The summed E-state index contributed by atoms with van der Waals surface area (Å²) in [7, 11) is 0. The number of hydrazine groups is 1. The van der Waals surface area contributed by atoms with Gasteiger partial charge in [-0.3, -0.25) is 25.0 Å². The van der Waals surface area contributed by atoms with Crippen molar-refractivity contribution in [2.45, 2.75) is 13.1 Å². The van der Waals surface area contributed by atoms with E-state index in [4.69, 9.17) is 0 Å². The highest BCUT2D eigenvalue weighted by atomic mass is 19.1. The van der Waals surface area contributed by atoms with Crippen LogP contribution in [0, 0.1) is 11.6 Å². The first-order chi connectivity index (χ1) is 15.0. The number of hydrogen-bond acceptors (Lipinski definition) is 5. The molecule has 0 saturated carbocycles. The van der Waals surface area contributed by atoms with Crippen molar-refractivity contribution < 1.29 is 18.4 Å². The first-order valence-electron chi connectivity index (χ1n) is 9.30. The molecular formula is C22H19F2N5O2. The van der Waals surface area contributed by atoms with E-state index < -0.39 is 23.4 Å². The third-order valence-electron chi connectivity index (χ3n) is 4.17. The Morgan fingerprint density at radius 1 is 1.00 bits per heavy atom. The van der Waals surface area contributed by atoms with Crippen molar-refractivity contribution in [3.05, 3.63) is 95.3 Å². The summed E-state index contributed by atoms with van der Waals surface area (Å²) in [5.41, 5.74) is 6.15. The van der Waals surface area contributed by atoms with Crippen molar-refractivity contribution in [1.29, 1.82) is 0 Å². The van der Waals surface area contributed by atoms with Crippen molar-refractivity contribution in [2.24, 2.45) is 4.99 Å². The largest absolute Gasteiger partial charge is 0.348 e. The number of hydrogen-bond donors (Lipinski definition) is 3. The zero-order valence-corrected chi connectivity index (χ0v) is 16.3. The van der Waals surface area contributed by atoms with Gasteiger partial charge in [-0.1, -0.05) is 30.3 Å². The van der Waals surface area contributed by atoms with E-state index in [0.717, 1.165) is 24.0 Å². The van der Waals surface area contributed by atoms with Gasteiger partial charge in [0, 0.05) is 24.8 Å². The lowest BCUT2D eigenvalue weighted by Crippen LogP contribution is -2.37. The number of carbonyl (C=O) groups excluding carboxylic acids is 2. The molecule has 31 heavy (non-hydrogen) atoms. The molecule has 3 aromatic rings. The standard InChI is InChI=1S/C22H19F2N5O2/c23-19-7-6-17(10-18(19)22(31)27-11-15-4-2-1-3-5-15)26-14-21(30)29-28-12-16-8-9-25-13-20(16)24/h1-10,13-14,28H,11-12H2,(H,27,31)(H,29,30). The number of halogens is 2. The molecule has 158 valence electrons. The molecule has 0 aliphatic heterocycles. The average Bonchev–Trinajstić information content (AvgIpc) is 2.79. The molecule has 1 aromatic heterocycles. The van der Waals surface area contributed by atoms with Crippen LogP contribution >= 0.6 is 0 Å². The van der Waals surface area contributed by atoms with E-state index in [0.29, 0.717) is 5.56 Å². The highest BCUT2D eigenvalue weighted by molar-refractivity contribution is 6.26. The van der Waals surface area contributed by atoms with Gasteiger partial charge in [0.1, 0.15) is 11.6 Å². The lowest BCUT2D eigenvalue weighted by molar-refractivity contribution is -0.115. The number of nitrogens with zero attached hydrogens (tertiary/aromatic N) is 2. The third-order valence-corrected chi connectivity index (χ3v) is 4.17. The van der Waals surface area contributed by atoms with E-state index >= 15 is 0 Å². The van der Waals surface area contributed by atoms with Crippen LogP contribution in [0.1, 0.15) is 21.5 Å². The molecule has 0 aliphatic carbocycles. The fourth-order valence-electron chi connectivity index (χ4n) is 2.58. The van der Waals surface area contributed by atoms with Crippen LogP contribution in [0.15, 0.2) is 72.0 Å². The topological polar surface area (TPSA) is 95.5 Å². The molecule has 0 atom stereocenters. The first kappa shape index (κ1) is 21.7. The second-order valence-electron chi connectivity index (χ2n) is 6.40. The monoisotopic (exact) mass is 423 g/mol. The summed E-state index contributed by atoms with van der Waals surface area (Å²) in [6.07, 6.45) is 3.47. The fourth-order valence-corrected chi connectivity index (χ4v) is 2.58. The summed E-state index contributed by atoms with van der Waals surface area (Å²) in [6.45, 7) is 0.301. The molecule has 0 saturated heterocycles. The minimum atomic E-state index is -0.699. The van der Waals surface area contributed by atoms with Gasteiger partial charge in [-0.05, 0) is 29.8 Å². The molecule has 0 aliphatic rings. The maximum absolute atomic E-state index is 14.1. The second-order valence-corrected chi connectivity index (χ2v) is 6.40. The molecule has 2 aromatic carbocycles. The Kier molecular flexibility index (Phi) is 7.50. The number of carbonyl (C=O) groups is 2. The molecule has 7 nitrogen and oxygen atoms in total. The van der Waals surface area contributed by atoms with E-state index in [1.165, 1.54) is 24.4 Å². The Morgan fingerprint density at radius 2 is 1.81 bits per heavy atom. The lowest BCUT2D eigenvalue weighted by atomic mass is 10.1. The van der Waals surface area contributed by atoms with Gasteiger partial charge in [-0.25, -0.2) is 14.2 Å². The normalized spacial score (nSPS) is 10.8. The van der Waals surface area contributed by atoms with E-state index in [1.807, 2.05) is 30.3 Å². The molecule has 0 spiro atoms. The molecule has 2 amide bonds. The van der Waals surface area contributed by atoms with Crippen molar-refractivity contribution in [3.63, 3.8) is 0 Å². The Morgan fingerprint density at radius 3 is 2.58 bits per heavy atom. The lowest BCUT2D eigenvalue weighted by Gasteiger charge is -2.07. The zero-order valence-electron chi connectivity index (χ0n) is 16.3. The minimum absolute atomic E-state index is 0.0518. The number of aliphatic imine (C=N–C) groups is 1. The Bertz CT molecular complexity index is 1090. The van der Waals surface area contributed by atoms with Gasteiger partial charge < -0.3 is 5.32 Å². The predicted molar refractivity (Wildman–Crippen MR) is 111 cm³/mol. The summed E-state index contributed by atoms with van der Waals surface area (Å²) >= 11 is 0. The SMILES string of the molecule is O=C(C=Nc1ccc(F)c(C(=O)NCc2ccccc2)c1)NNCc1ccncc1F. The van der Waals surface area contributed by atoms with Crippen molar-refractivity contribution >= 4 is 23.7 Å². The van der Waals surface area contributed by atoms with E-state index in [1.54, 1.807) is 0 Å². The molecule has 9 heteroatoms. The molecule has 0 unspecified atom stereocenters. The average molecular weight is 423 g/mol. The summed E-state index contributed by atoms with van der Waals surface area (Å²) in [5, 5.41) is 2.64. The smallest absolute Gasteiger partial charge is 0.276 e. The van der Waals surface area contributed by atoms with Gasteiger partial charge in [0.25, 0.3) is 11.8 Å². The van der Waals surface area contributed by atoms with Gasteiger partial charge in [0.2, 0.25) is 0 Å². The summed E-state index contributed by atoms with van der Waals surface area (Å²) < 4.78 is 27.5. The number of rotatable bonds is 8. The number of nitrogens with one attached hydrogen (secondary N) is 3. The van der Waals surface area contributed by atoms with Crippen LogP contribution in [0.2, 0.25) is 0 Å². The van der Waals surface area contributed by atoms with Crippen molar-refractivity contribution in [3.8, 4) is 0 Å². The number of aromatic nitrogens is 1. The highest BCUT2D eigenvalue weighted by Gasteiger charge is 2.12. The van der Waals surface area contributed by atoms with E-state index in [2.05, 4.69) is 26.1 Å². The van der Waals surface area contributed by atoms with Gasteiger partial charge in [0.15, 0.2) is 0 Å². The van der Waals surface area contributed by atoms with Gasteiger partial charge in [-0.2, -0.15) is 0 Å². The van der Waals surface area contributed by atoms with Gasteiger partial charge >= 0.3 is 0 Å². The highest BCUT2D eigenvalue weighted by Crippen LogP contribution is 2.17. The molecule has 3 rings (SSSR count). The maximum Gasteiger partial charge on any atom is 0.276 e. The molecule has 1 heterocycles. The van der Waals surface area contributed by atoms with Crippen LogP contribution in [0.5, 0.6) is 0 Å². The van der Waals surface area contributed by atoms with Crippen LogP contribution in [0.25, 0.3) is 0 Å². The summed E-state index contributed by atoms with van der Waals surface area (Å²) in [4.78, 5) is 31.7. The van der Waals surface area contributed by atoms with E-state index in [9.17, 15) is 18.4 Å².